The summed E-state index contributed by atoms with van der Waals surface area (Å²) >= 11 is 5.40. The number of benzene rings is 2. The maximum absolute atomic E-state index is 13.5. The summed E-state index contributed by atoms with van der Waals surface area (Å²) in [5, 5.41) is 0. The Bertz CT molecular complexity index is 805. The van der Waals surface area contributed by atoms with Crippen LogP contribution >= 0.6 is 12.2 Å². The Morgan fingerprint density at radius 2 is 1.86 bits per heavy atom. The molecule has 0 fully saturated rings. The van der Waals surface area contributed by atoms with Gasteiger partial charge in [0.15, 0.2) is 4.77 Å². The molecule has 0 saturated heterocycles. The fourth-order valence-electron chi connectivity index (χ4n) is 2.51. The van der Waals surface area contributed by atoms with Crippen molar-refractivity contribution in [2.75, 3.05) is 0 Å². The lowest BCUT2D eigenvalue weighted by molar-refractivity contribution is 0.603. The summed E-state index contributed by atoms with van der Waals surface area (Å²) in [5.41, 5.74) is 2.97. The molecular formula is C17H15FN2S. The first kappa shape index (κ1) is 13.8. The monoisotopic (exact) mass is 298 g/mol. The highest BCUT2D eigenvalue weighted by molar-refractivity contribution is 7.71. The molecular weight excluding hydrogens is 283 g/mol. The van der Waals surface area contributed by atoms with Gasteiger partial charge in [-0.3, -0.25) is 0 Å². The second-order valence-electron chi connectivity index (χ2n) is 4.95. The van der Waals surface area contributed by atoms with Crippen LogP contribution in [0.2, 0.25) is 0 Å². The van der Waals surface area contributed by atoms with E-state index in [1.807, 2.05) is 54.1 Å². The number of nitrogens with zero attached hydrogens (tertiary/aromatic N) is 1. The van der Waals surface area contributed by atoms with Crippen LogP contribution in [-0.2, 0) is 0 Å². The highest BCUT2D eigenvalue weighted by atomic mass is 32.1. The Morgan fingerprint density at radius 1 is 1.10 bits per heavy atom. The minimum absolute atomic E-state index is 0.0466. The van der Waals surface area contributed by atoms with Gasteiger partial charge < -0.3 is 9.55 Å². The van der Waals surface area contributed by atoms with E-state index in [-0.39, 0.29) is 11.9 Å². The standard InChI is InChI=1S/C17H15FN2S/c1-12(14-8-5-9-15(18)10-14)20-16(11-19-17(20)21)13-6-3-2-4-7-13/h2-12H,1H3,(H,19,21). The Balaban J connectivity index is 2.11. The first-order valence-corrected chi connectivity index (χ1v) is 7.18. The summed E-state index contributed by atoms with van der Waals surface area (Å²) in [4.78, 5) is 3.09. The average molecular weight is 298 g/mol. The second-order valence-corrected chi connectivity index (χ2v) is 5.33. The number of nitrogens with one attached hydrogen (secondary N) is 1. The van der Waals surface area contributed by atoms with Crippen molar-refractivity contribution >= 4 is 12.2 Å². The predicted molar refractivity (Wildman–Crippen MR) is 85.3 cm³/mol. The van der Waals surface area contributed by atoms with Gasteiger partial charge in [-0.05, 0) is 42.4 Å². The summed E-state index contributed by atoms with van der Waals surface area (Å²) in [6.45, 7) is 2.02. The first-order valence-electron chi connectivity index (χ1n) is 6.77. The van der Waals surface area contributed by atoms with Gasteiger partial charge >= 0.3 is 0 Å². The van der Waals surface area contributed by atoms with Crippen LogP contribution in [0.15, 0.2) is 60.8 Å². The molecule has 1 unspecified atom stereocenters. The van der Waals surface area contributed by atoms with Gasteiger partial charge in [0.25, 0.3) is 0 Å². The molecule has 0 bridgehead atoms. The zero-order valence-corrected chi connectivity index (χ0v) is 12.4. The fraction of sp³-hybridized carbons (Fsp3) is 0.118. The highest BCUT2D eigenvalue weighted by Gasteiger charge is 2.14. The van der Waals surface area contributed by atoms with Gasteiger partial charge in [0.05, 0.1) is 11.7 Å². The van der Waals surface area contributed by atoms with E-state index in [0.717, 1.165) is 16.8 Å². The van der Waals surface area contributed by atoms with Crippen molar-refractivity contribution in [1.29, 1.82) is 0 Å². The smallest absolute Gasteiger partial charge is 0.178 e. The molecule has 1 heterocycles. The van der Waals surface area contributed by atoms with Gasteiger partial charge in [-0.15, -0.1) is 0 Å². The molecule has 0 amide bonds. The molecule has 1 aromatic heterocycles. The molecule has 3 rings (SSSR count). The summed E-state index contributed by atoms with van der Waals surface area (Å²) < 4.78 is 16.1. The minimum Gasteiger partial charge on any atom is -0.337 e. The molecule has 21 heavy (non-hydrogen) atoms. The van der Waals surface area contributed by atoms with Crippen LogP contribution in [-0.4, -0.2) is 9.55 Å². The molecule has 1 N–H and O–H groups in total. The summed E-state index contributed by atoms with van der Waals surface area (Å²) in [7, 11) is 0. The van der Waals surface area contributed by atoms with Gasteiger partial charge in [0.1, 0.15) is 5.82 Å². The van der Waals surface area contributed by atoms with Gasteiger partial charge in [-0.25, -0.2) is 4.39 Å². The van der Waals surface area contributed by atoms with E-state index < -0.39 is 0 Å². The Morgan fingerprint density at radius 3 is 2.57 bits per heavy atom. The van der Waals surface area contributed by atoms with E-state index in [4.69, 9.17) is 12.2 Å². The van der Waals surface area contributed by atoms with Gasteiger partial charge in [-0.1, -0.05) is 42.5 Å². The van der Waals surface area contributed by atoms with Crippen molar-refractivity contribution < 1.29 is 4.39 Å². The molecule has 2 nitrogen and oxygen atoms in total. The number of rotatable bonds is 3. The number of aromatic nitrogens is 2. The van der Waals surface area contributed by atoms with Crippen molar-refractivity contribution in [3.8, 4) is 11.3 Å². The molecule has 0 aliphatic carbocycles. The van der Waals surface area contributed by atoms with Crippen LogP contribution in [0.1, 0.15) is 18.5 Å². The van der Waals surface area contributed by atoms with E-state index in [0.29, 0.717) is 4.77 Å². The number of aromatic amines is 1. The van der Waals surface area contributed by atoms with Crippen LogP contribution in [0.25, 0.3) is 11.3 Å². The molecule has 3 aromatic rings. The van der Waals surface area contributed by atoms with Crippen molar-refractivity contribution in [3.05, 3.63) is 76.9 Å². The van der Waals surface area contributed by atoms with E-state index in [9.17, 15) is 4.39 Å². The largest absolute Gasteiger partial charge is 0.337 e. The molecule has 0 spiro atoms. The Kier molecular flexibility index (Phi) is 3.71. The normalized spacial score (nSPS) is 12.3. The van der Waals surface area contributed by atoms with Crippen LogP contribution in [0, 0.1) is 10.6 Å². The van der Waals surface area contributed by atoms with Gasteiger partial charge in [-0.2, -0.15) is 0 Å². The molecule has 0 aliphatic rings. The third-order valence-electron chi connectivity index (χ3n) is 3.60. The van der Waals surface area contributed by atoms with Gasteiger partial charge in [0.2, 0.25) is 0 Å². The number of imidazole rings is 1. The lowest BCUT2D eigenvalue weighted by Gasteiger charge is -2.17. The SMILES string of the molecule is CC(c1cccc(F)c1)n1c(-c2ccccc2)c[nH]c1=S. The molecule has 0 aliphatic heterocycles. The first-order chi connectivity index (χ1) is 10.2. The Hall–Kier alpha value is -2.20. The van der Waals surface area contributed by atoms with Crippen LogP contribution < -0.4 is 0 Å². The van der Waals surface area contributed by atoms with E-state index >= 15 is 0 Å². The summed E-state index contributed by atoms with van der Waals surface area (Å²) in [6.07, 6.45) is 1.90. The van der Waals surface area contributed by atoms with Crippen molar-refractivity contribution in [2.24, 2.45) is 0 Å². The molecule has 1 atom stereocenters. The number of halogens is 1. The minimum atomic E-state index is -0.234. The number of H-pyrrole nitrogens is 1. The fourth-order valence-corrected chi connectivity index (χ4v) is 2.83. The summed E-state index contributed by atoms with van der Waals surface area (Å²) in [6, 6.07) is 16.6. The van der Waals surface area contributed by atoms with E-state index in [2.05, 4.69) is 4.98 Å². The zero-order valence-electron chi connectivity index (χ0n) is 11.6. The van der Waals surface area contributed by atoms with Crippen molar-refractivity contribution in [1.82, 2.24) is 9.55 Å². The lowest BCUT2D eigenvalue weighted by Crippen LogP contribution is -2.08. The topological polar surface area (TPSA) is 20.7 Å². The third-order valence-corrected chi connectivity index (χ3v) is 3.91. The maximum atomic E-state index is 13.5. The van der Waals surface area contributed by atoms with Crippen molar-refractivity contribution in [3.63, 3.8) is 0 Å². The Labute approximate surface area is 127 Å². The van der Waals surface area contributed by atoms with Crippen LogP contribution in [0.3, 0.4) is 0 Å². The number of hydrogen-bond acceptors (Lipinski definition) is 1. The lowest BCUT2D eigenvalue weighted by atomic mass is 10.1. The number of hydrogen-bond donors (Lipinski definition) is 1. The van der Waals surface area contributed by atoms with E-state index in [1.54, 1.807) is 12.1 Å². The third kappa shape index (κ3) is 2.67. The maximum Gasteiger partial charge on any atom is 0.178 e. The van der Waals surface area contributed by atoms with Crippen molar-refractivity contribution in [2.45, 2.75) is 13.0 Å². The second kappa shape index (κ2) is 5.66. The highest BCUT2D eigenvalue weighted by Crippen LogP contribution is 2.27. The van der Waals surface area contributed by atoms with Gasteiger partial charge in [0, 0.05) is 6.20 Å². The quantitative estimate of drug-likeness (QED) is 0.678. The van der Waals surface area contributed by atoms with E-state index in [1.165, 1.54) is 6.07 Å². The molecule has 2 aromatic carbocycles. The van der Waals surface area contributed by atoms with Crippen LogP contribution in [0.4, 0.5) is 4.39 Å². The predicted octanol–water partition coefficient (Wildman–Crippen LogP) is 4.96. The molecule has 4 heteroatoms. The summed E-state index contributed by atoms with van der Waals surface area (Å²) in [5.74, 6) is -0.234. The molecule has 0 radical (unpaired) electrons. The molecule has 0 saturated carbocycles. The zero-order chi connectivity index (χ0) is 14.8. The average Bonchev–Trinajstić information content (AvgIpc) is 2.89. The van der Waals surface area contributed by atoms with Crippen LogP contribution in [0.5, 0.6) is 0 Å². The molecule has 106 valence electrons.